The summed E-state index contributed by atoms with van der Waals surface area (Å²) >= 11 is 0. The minimum Gasteiger partial charge on any atom is -0.349 e. The lowest BCUT2D eigenvalue weighted by molar-refractivity contribution is -0.155. The number of hydrogen-bond acceptors (Lipinski definition) is 3. The third-order valence-electron chi connectivity index (χ3n) is 2.36. The number of carbonyl (C=O) groups excluding carboxylic acids is 1. The van der Waals surface area contributed by atoms with Crippen molar-refractivity contribution >= 4 is 5.78 Å². The van der Waals surface area contributed by atoms with Gasteiger partial charge in [0.15, 0.2) is 5.78 Å². The zero-order valence-corrected chi connectivity index (χ0v) is 9.62. The van der Waals surface area contributed by atoms with Crippen LogP contribution in [0.4, 0.5) is 4.39 Å². The standard InChI is InChI=1S/C12H15FO3/c1-8-6-10(13)5-4-9(8)7-11(14)12(15-2)16-3/h4-6,12H,7H2,1-3H3. The molecule has 0 saturated heterocycles. The maximum absolute atomic E-state index is 12.8. The molecule has 4 heteroatoms. The van der Waals surface area contributed by atoms with Crippen molar-refractivity contribution in [3.05, 3.63) is 35.1 Å². The number of Topliss-reactive ketones (excluding diaryl/α,β-unsaturated/α-hetero) is 1. The summed E-state index contributed by atoms with van der Waals surface area (Å²) in [7, 11) is 2.81. The quantitative estimate of drug-likeness (QED) is 0.719. The van der Waals surface area contributed by atoms with Gasteiger partial charge in [-0.25, -0.2) is 4.39 Å². The number of halogens is 1. The summed E-state index contributed by atoms with van der Waals surface area (Å²) in [6.45, 7) is 1.76. The summed E-state index contributed by atoms with van der Waals surface area (Å²) in [6.07, 6.45) is -0.678. The van der Waals surface area contributed by atoms with Gasteiger partial charge in [-0.15, -0.1) is 0 Å². The number of aryl methyl sites for hydroxylation is 1. The van der Waals surface area contributed by atoms with Gasteiger partial charge in [0.1, 0.15) is 5.82 Å². The first-order valence-electron chi connectivity index (χ1n) is 4.91. The lowest BCUT2D eigenvalue weighted by Crippen LogP contribution is -2.26. The first kappa shape index (κ1) is 12.8. The van der Waals surface area contributed by atoms with Gasteiger partial charge < -0.3 is 9.47 Å². The monoisotopic (exact) mass is 226 g/mol. The second-order valence-corrected chi connectivity index (χ2v) is 3.52. The third-order valence-corrected chi connectivity index (χ3v) is 2.36. The molecule has 0 aromatic heterocycles. The van der Waals surface area contributed by atoms with Crippen molar-refractivity contribution in [2.75, 3.05) is 14.2 Å². The zero-order chi connectivity index (χ0) is 12.1. The largest absolute Gasteiger partial charge is 0.349 e. The highest BCUT2D eigenvalue weighted by atomic mass is 19.1. The lowest BCUT2D eigenvalue weighted by atomic mass is 10.0. The molecule has 0 aliphatic rings. The highest BCUT2D eigenvalue weighted by Crippen LogP contribution is 2.12. The fraction of sp³-hybridized carbons (Fsp3) is 0.417. The number of ketones is 1. The minimum absolute atomic E-state index is 0.179. The molecule has 0 saturated carbocycles. The highest BCUT2D eigenvalue weighted by molar-refractivity contribution is 5.84. The lowest BCUT2D eigenvalue weighted by Gasteiger charge is -2.12. The summed E-state index contributed by atoms with van der Waals surface area (Å²) in [5, 5.41) is 0. The van der Waals surface area contributed by atoms with Gasteiger partial charge in [0.05, 0.1) is 0 Å². The van der Waals surface area contributed by atoms with Crippen molar-refractivity contribution in [2.45, 2.75) is 19.6 Å². The molecule has 1 aromatic rings. The molecule has 1 rings (SSSR count). The van der Waals surface area contributed by atoms with E-state index in [0.29, 0.717) is 0 Å². The molecule has 3 nitrogen and oxygen atoms in total. The van der Waals surface area contributed by atoms with Gasteiger partial charge in [0.2, 0.25) is 6.29 Å². The van der Waals surface area contributed by atoms with E-state index >= 15 is 0 Å². The Kier molecular flexibility index (Phi) is 4.58. The third kappa shape index (κ3) is 3.12. The topological polar surface area (TPSA) is 35.5 Å². The molecular formula is C12H15FO3. The van der Waals surface area contributed by atoms with Crippen LogP contribution >= 0.6 is 0 Å². The molecule has 0 fully saturated rings. The van der Waals surface area contributed by atoms with E-state index < -0.39 is 6.29 Å². The number of rotatable bonds is 5. The Morgan fingerprint density at radius 1 is 1.38 bits per heavy atom. The van der Waals surface area contributed by atoms with Gasteiger partial charge in [0.25, 0.3) is 0 Å². The van der Waals surface area contributed by atoms with Gasteiger partial charge in [-0.3, -0.25) is 4.79 Å². The maximum Gasteiger partial charge on any atom is 0.217 e. The SMILES string of the molecule is COC(OC)C(=O)Cc1ccc(F)cc1C. The second-order valence-electron chi connectivity index (χ2n) is 3.52. The van der Waals surface area contributed by atoms with E-state index in [1.165, 1.54) is 26.4 Å². The van der Waals surface area contributed by atoms with Crippen molar-refractivity contribution < 1.29 is 18.7 Å². The summed E-state index contributed by atoms with van der Waals surface area (Å²) in [5.41, 5.74) is 1.53. The van der Waals surface area contributed by atoms with Gasteiger partial charge in [-0.2, -0.15) is 0 Å². The second kappa shape index (κ2) is 5.72. The highest BCUT2D eigenvalue weighted by Gasteiger charge is 2.17. The van der Waals surface area contributed by atoms with Gasteiger partial charge in [0, 0.05) is 20.6 Å². The molecule has 0 amide bonds. The summed E-state index contributed by atoms with van der Waals surface area (Å²) in [4.78, 5) is 11.7. The number of carbonyl (C=O) groups is 1. The van der Waals surface area contributed by atoms with Gasteiger partial charge in [-0.1, -0.05) is 6.07 Å². The summed E-state index contributed by atoms with van der Waals surface area (Å²) in [5.74, 6) is -0.483. The molecule has 88 valence electrons. The average molecular weight is 226 g/mol. The van der Waals surface area contributed by atoms with Crippen molar-refractivity contribution in [2.24, 2.45) is 0 Å². The summed E-state index contributed by atoms with van der Waals surface area (Å²) in [6, 6.07) is 4.34. The normalized spacial score (nSPS) is 10.8. The molecule has 0 bridgehead atoms. The molecule has 0 spiro atoms. The van der Waals surface area contributed by atoms with Crippen LogP contribution < -0.4 is 0 Å². The van der Waals surface area contributed by atoms with E-state index in [-0.39, 0.29) is 18.0 Å². The number of ether oxygens (including phenoxy) is 2. The Hall–Kier alpha value is -1.26. The van der Waals surface area contributed by atoms with Crippen LogP contribution in [-0.2, 0) is 20.7 Å². The fourth-order valence-electron chi connectivity index (χ4n) is 1.49. The van der Waals surface area contributed by atoms with Crippen LogP contribution in [0.25, 0.3) is 0 Å². The molecule has 0 aliphatic heterocycles. The Labute approximate surface area is 94.2 Å². The average Bonchev–Trinajstić information content (AvgIpc) is 2.24. The minimum atomic E-state index is -0.857. The van der Waals surface area contributed by atoms with E-state index in [0.717, 1.165) is 11.1 Å². The van der Waals surface area contributed by atoms with E-state index in [4.69, 9.17) is 9.47 Å². The molecule has 0 heterocycles. The van der Waals surface area contributed by atoms with Crippen molar-refractivity contribution in [1.29, 1.82) is 0 Å². The van der Waals surface area contributed by atoms with Crippen LogP contribution in [0.15, 0.2) is 18.2 Å². The van der Waals surface area contributed by atoms with Crippen molar-refractivity contribution in [1.82, 2.24) is 0 Å². The van der Waals surface area contributed by atoms with Crippen LogP contribution in [0.2, 0.25) is 0 Å². The zero-order valence-electron chi connectivity index (χ0n) is 9.62. The van der Waals surface area contributed by atoms with Gasteiger partial charge >= 0.3 is 0 Å². The van der Waals surface area contributed by atoms with Crippen LogP contribution in [0.1, 0.15) is 11.1 Å². The summed E-state index contributed by atoms with van der Waals surface area (Å²) < 4.78 is 22.5. The Morgan fingerprint density at radius 2 is 2.00 bits per heavy atom. The number of benzene rings is 1. The molecule has 0 atom stereocenters. The molecule has 0 unspecified atom stereocenters. The predicted molar refractivity (Wildman–Crippen MR) is 57.7 cm³/mol. The first-order chi connectivity index (χ1) is 7.58. The molecular weight excluding hydrogens is 211 g/mol. The number of methoxy groups -OCH3 is 2. The smallest absolute Gasteiger partial charge is 0.217 e. The van der Waals surface area contributed by atoms with E-state index in [9.17, 15) is 9.18 Å². The van der Waals surface area contributed by atoms with Crippen LogP contribution in [0.3, 0.4) is 0 Å². The molecule has 1 aromatic carbocycles. The first-order valence-corrected chi connectivity index (χ1v) is 4.91. The van der Waals surface area contributed by atoms with Crippen molar-refractivity contribution in [3.8, 4) is 0 Å². The van der Waals surface area contributed by atoms with E-state index in [2.05, 4.69) is 0 Å². The van der Waals surface area contributed by atoms with Crippen molar-refractivity contribution in [3.63, 3.8) is 0 Å². The Morgan fingerprint density at radius 3 is 2.50 bits per heavy atom. The van der Waals surface area contributed by atoms with Gasteiger partial charge in [-0.05, 0) is 30.2 Å². The van der Waals surface area contributed by atoms with Crippen LogP contribution in [0, 0.1) is 12.7 Å². The molecule has 16 heavy (non-hydrogen) atoms. The maximum atomic E-state index is 12.8. The Balaban J connectivity index is 2.76. The molecule has 0 radical (unpaired) electrons. The van der Waals surface area contributed by atoms with E-state index in [1.54, 1.807) is 13.0 Å². The van der Waals surface area contributed by atoms with Crippen LogP contribution in [0.5, 0.6) is 0 Å². The Bertz CT molecular complexity index is 373. The molecule has 0 aliphatic carbocycles. The van der Waals surface area contributed by atoms with Crippen LogP contribution in [-0.4, -0.2) is 26.3 Å². The predicted octanol–water partition coefficient (Wildman–Crippen LogP) is 1.86. The fourth-order valence-corrected chi connectivity index (χ4v) is 1.49. The number of hydrogen-bond donors (Lipinski definition) is 0. The molecule has 0 N–H and O–H groups in total. The van der Waals surface area contributed by atoms with E-state index in [1.807, 2.05) is 0 Å².